The summed E-state index contributed by atoms with van der Waals surface area (Å²) in [6.07, 6.45) is 3.03. The van der Waals surface area contributed by atoms with Gasteiger partial charge in [0.05, 0.1) is 40.6 Å². The van der Waals surface area contributed by atoms with E-state index in [-0.39, 0.29) is 11.4 Å². The number of aryl methyl sites for hydroxylation is 1. The lowest BCUT2D eigenvalue weighted by Gasteiger charge is -2.33. The fourth-order valence-electron chi connectivity index (χ4n) is 4.06. The first-order valence-corrected chi connectivity index (χ1v) is 11.8. The van der Waals surface area contributed by atoms with E-state index in [2.05, 4.69) is 47.4 Å². The fraction of sp³-hybridized carbons (Fsp3) is 0.280. The molecule has 1 saturated heterocycles. The van der Waals surface area contributed by atoms with Gasteiger partial charge in [-0.1, -0.05) is 5.21 Å². The monoisotopic (exact) mass is 523 g/mol. The number of nitrogens with zero attached hydrogens (tertiary/aromatic N) is 8. The van der Waals surface area contributed by atoms with Gasteiger partial charge in [0.1, 0.15) is 11.5 Å². The van der Waals surface area contributed by atoms with Crippen molar-refractivity contribution in [2.75, 3.05) is 43.4 Å². The highest BCUT2D eigenvalue weighted by atomic mass is 19.4. The quantitative estimate of drug-likeness (QED) is 0.424. The van der Waals surface area contributed by atoms with Crippen LogP contribution in [-0.2, 0) is 6.18 Å². The standard InChI is InChI=1S/C25H24F3N9O/c1-16-22(10-18(13-31-16)24(38)32-23-11-19(3-4-30-23)25(26,27)28)37-15-21(33-34-37)17-9-20(14-29-12-17)36-7-5-35(2)6-8-36/h3-4,9-15H,5-8H2,1-2H3,(H,30,32,38). The van der Waals surface area contributed by atoms with Crippen LogP contribution in [0.1, 0.15) is 21.6 Å². The normalized spacial score (nSPS) is 14.5. The molecule has 0 spiro atoms. The third-order valence-electron chi connectivity index (χ3n) is 6.28. The zero-order chi connectivity index (χ0) is 26.9. The number of rotatable bonds is 5. The number of aromatic nitrogens is 6. The Kier molecular flexibility index (Phi) is 6.76. The Hall–Kier alpha value is -4.39. The van der Waals surface area contributed by atoms with Crippen LogP contribution in [0.2, 0.25) is 0 Å². The first-order valence-electron chi connectivity index (χ1n) is 11.8. The molecule has 0 bridgehead atoms. The molecule has 13 heteroatoms. The third-order valence-corrected chi connectivity index (χ3v) is 6.28. The molecule has 5 heterocycles. The van der Waals surface area contributed by atoms with Crippen molar-refractivity contribution in [3.8, 4) is 16.9 Å². The Morgan fingerprint density at radius 2 is 1.82 bits per heavy atom. The average Bonchev–Trinajstić information content (AvgIpc) is 3.39. The summed E-state index contributed by atoms with van der Waals surface area (Å²) in [6, 6.07) is 5.17. The Morgan fingerprint density at radius 1 is 1.03 bits per heavy atom. The Morgan fingerprint density at radius 3 is 2.58 bits per heavy atom. The second-order valence-corrected chi connectivity index (χ2v) is 8.98. The molecule has 4 aromatic heterocycles. The first-order chi connectivity index (χ1) is 18.2. The van der Waals surface area contributed by atoms with Crippen molar-refractivity contribution >= 4 is 17.4 Å². The summed E-state index contributed by atoms with van der Waals surface area (Å²) >= 11 is 0. The van der Waals surface area contributed by atoms with Gasteiger partial charge in [-0.2, -0.15) is 13.2 Å². The van der Waals surface area contributed by atoms with Crippen LogP contribution >= 0.6 is 0 Å². The zero-order valence-electron chi connectivity index (χ0n) is 20.6. The van der Waals surface area contributed by atoms with Crippen LogP contribution in [0.15, 0.2) is 55.2 Å². The van der Waals surface area contributed by atoms with Gasteiger partial charge in [0, 0.05) is 50.3 Å². The number of carbonyl (C=O) groups is 1. The summed E-state index contributed by atoms with van der Waals surface area (Å²) < 4.78 is 40.5. The van der Waals surface area contributed by atoms with Crippen LogP contribution in [0, 0.1) is 6.92 Å². The van der Waals surface area contributed by atoms with Gasteiger partial charge >= 0.3 is 6.18 Å². The van der Waals surface area contributed by atoms with Gasteiger partial charge in [-0.15, -0.1) is 5.10 Å². The van der Waals surface area contributed by atoms with E-state index in [0.29, 0.717) is 17.1 Å². The molecule has 5 rings (SSSR count). The summed E-state index contributed by atoms with van der Waals surface area (Å²) in [5.74, 6) is -0.877. The maximum absolute atomic E-state index is 13.0. The van der Waals surface area contributed by atoms with Gasteiger partial charge in [-0.3, -0.25) is 14.8 Å². The number of likely N-dealkylation sites (N-methyl/N-ethyl adjacent to an activating group) is 1. The summed E-state index contributed by atoms with van der Waals surface area (Å²) in [6.45, 7) is 5.51. The Labute approximate surface area is 216 Å². The zero-order valence-corrected chi connectivity index (χ0v) is 20.6. The Bertz CT molecular complexity index is 1460. The molecule has 196 valence electrons. The molecular weight excluding hydrogens is 499 g/mol. The van der Waals surface area contributed by atoms with Crippen molar-refractivity contribution < 1.29 is 18.0 Å². The first kappa shape index (κ1) is 25.3. The number of halogens is 3. The van der Waals surface area contributed by atoms with E-state index < -0.39 is 17.6 Å². The van der Waals surface area contributed by atoms with E-state index in [9.17, 15) is 18.0 Å². The van der Waals surface area contributed by atoms with Gasteiger partial charge in [-0.05, 0) is 38.2 Å². The summed E-state index contributed by atoms with van der Waals surface area (Å²) in [5, 5.41) is 10.9. The van der Waals surface area contributed by atoms with Crippen LogP contribution in [0.4, 0.5) is 24.7 Å². The predicted molar refractivity (Wildman–Crippen MR) is 134 cm³/mol. The van der Waals surface area contributed by atoms with Crippen molar-refractivity contribution in [2.45, 2.75) is 13.1 Å². The molecule has 10 nitrogen and oxygen atoms in total. The van der Waals surface area contributed by atoms with Crippen molar-refractivity contribution in [1.29, 1.82) is 0 Å². The van der Waals surface area contributed by atoms with E-state index in [1.165, 1.54) is 10.9 Å². The SMILES string of the molecule is Cc1ncc(C(=O)Nc2cc(C(F)(F)F)ccn2)cc1-n1cc(-c2cncc(N3CCN(C)CC3)c2)nn1. The summed E-state index contributed by atoms with van der Waals surface area (Å²) in [7, 11) is 2.10. The molecule has 0 atom stereocenters. The molecule has 4 aromatic rings. The summed E-state index contributed by atoms with van der Waals surface area (Å²) in [4.78, 5) is 29.8. The van der Waals surface area contributed by atoms with Crippen LogP contribution in [0.5, 0.6) is 0 Å². The van der Waals surface area contributed by atoms with E-state index in [4.69, 9.17) is 0 Å². The van der Waals surface area contributed by atoms with Gasteiger partial charge in [0.15, 0.2) is 0 Å². The van der Waals surface area contributed by atoms with Crippen LogP contribution < -0.4 is 10.2 Å². The van der Waals surface area contributed by atoms with E-state index in [0.717, 1.165) is 55.8 Å². The number of hydrogen-bond donors (Lipinski definition) is 1. The smallest absolute Gasteiger partial charge is 0.368 e. The third kappa shape index (κ3) is 5.47. The van der Waals surface area contributed by atoms with E-state index in [1.54, 1.807) is 25.4 Å². The lowest BCUT2D eigenvalue weighted by molar-refractivity contribution is -0.137. The average molecular weight is 524 g/mol. The predicted octanol–water partition coefficient (Wildman–Crippen LogP) is 3.45. The second kappa shape index (κ2) is 10.2. The maximum atomic E-state index is 13.0. The fourth-order valence-corrected chi connectivity index (χ4v) is 4.06. The molecule has 1 aliphatic rings. The minimum absolute atomic E-state index is 0.126. The number of piperazine rings is 1. The summed E-state index contributed by atoms with van der Waals surface area (Å²) in [5.41, 5.74) is 2.69. The van der Waals surface area contributed by atoms with Gasteiger partial charge in [0.25, 0.3) is 5.91 Å². The van der Waals surface area contributed by atoms with Gasteiger partial charge in [-0.25, -0.2) is 9.67 Å². The van der Waals surface area contributed by atoms with Gasteiger partial charge in [0.2, 0.25) is 0 Å². The number of nitrogens with one attached hydrogen (secondary N) is 1. The second-order valence-electron chi connectivity index (χ2n) is 8.98. The number of anilines is 2. The van der Waals surface area contributed by atoms with Gasteiger partial charge < -0.3 is 15.1 Å². The largest absolute Gasteiger partial charge is 0.416 e. The number of carbonyl (C=O) groups excluding carboxylic acids is 1. The number of hydrogen-bond acceptors (Lipinski definition) is 8. The minimum Gasteiger partial charge on any atom is -0.368 e. The number of amides is 1. The molecule has 1 N–H and O–H groups in total. The highest BCUT2D eigenvalue weighted by Crippen LogP contribution is 2.30. The molecule has 0 aliphatic carbocycles. The van der Waals surface area contributed by atoms with Crippen molar-refractivity contribution in [3.05, 3.63) is 72.1 Å². The molecule has 0 unspecified atom stereocenters. The maximum Gasteiger partial charge on any atom is 0.416 e. The lowest BCUT2D eigenvalue weighted by atomic mass is 10.2. The van der Waals surface area contributed by atoms with Crippen LogP contribution in [0.3, 0.4) is 0 Å². The molecule has 0 radical (unpaired) electrons. The van der Waals surface area contributed by atoms with E-state index in [1.807, 2.05) is 12.3 Å². The van der Waals surface area contributed by atoms with Crippen molar-refractivity contribution in [1.82, 2.24) is 34.8 Å². The van der Waals surface area contributed by atoms with Crippen molar-refractivity contribution in [3.63, 3.8) is 0 Å². The highest BCUT2D eigenvalue weighted by Gasteiger charge is 2.31. The topological polar surface area (TPSA) is 105 Å². The molecule has 0 saturated carbocycles. The molecular formula is C25H24F3N9O. The van der Waals surface area contributed by atoms with E-state index >= 15 is 0 Å². The van der Waals surface area contributed by atoms with Crippen LogP contribution in [0.25, 0.3) is 16.9 Å². The molecule has 38 heavy (non-hydrogen) atoms. The number of alkyl halides is 3. The molecule has 1 aliphatic heterocycles. The lowest BCUT2D eigenvalue weighted by Crippen LogP contribution is -2.44. The highest BCUT2D eigenvalue weighted by molar-refractivity contribution is 6.04. The number of pyridine rings is 3. The van der Waals surface area contributed by atoms with Crippen molar-refractivity contribution in [2.24, 2.45) is 0 Å². The minimum atomic E-state index is -4.55. The molecule has 1 amide bonds. The Balaban J connectivity index is 1.36. The van der Waals surface area contributed by atoms with Crippen LogP contribution in [-0.4, -0.2) is 74.0 Å². The molecule has 1 fully saturated rings. The molecule has 0 aromatic carbocycles.